The lowest BCUT2D eigenvalue weighted by molar-refractivity contribution is -0.385. The van der Waals surface area contributed by atoms with Crippen molar-refractivity contribution in [1.29, 1.82) is 0 Å². The van der Waals surface area contributed by atoms with Gasteiger partial charge in [-0.05, 0) is 23.8 Å². The van der Waals surface area contributed by atoms with Gasteiger partial charge in [-0.2, -0.15) is 5.10 Å². The molecular formula is C17H16BrN3O4S. The van der Waals surface area contributed by atoms with Gasteiger partial charge in [0.2, 0.25) is 5.91 Å². The molecule has 1 N–H and O–H groups in total. The molecule has 0 radical (unpaired) electrons. The van der Waals surface area contributed by atoms with Crippen LogP contribution in [0.3, 0.4) is 0 Å². The molecule has 0 aliphatic rings. The molecule has 26 heavy (non-hydrogen) atoms. The maximum Gasteiger partial charge on any atom is 0.311 e. The van der Waals surface area contributed by atoms with Crippen molar-refractivity contribution in [2.75, 3.05) is 12.9 Å². The number of nitrogens with zero attached hydrogens (tertiary/aromatic N) is 2. The van der Waals surface area contributed by atoms with Gasteiger partial charge >= 0.3 is 5.69 Å². The van der Waals surface area contributed by atoms with E-state index in [1.54, 1.807) is 6.07 Å². The summed E-state index contributed by atoms with van der Waals surface area (Å²) in [7, 11) is 1.36. The zero-order valence-electron chi connectivity index (χ0n) is 13.8. The van der Waals surface area contributed by atoms with E-state index in [1.165, 1.54) is 37.2 Å². The van der Waals surface area contributed by atoms with Crippen LogP contribution in [0, 0.1) is 10.1 Å². The fourth-order valence-corrected chi connectivity index (χ4v) is 3.44. The minimum absolute atomic E-state index is 0.160. The standard InChI is InChI=1S/C17H16BrN3O4S/c1-25-16-7-6-12(8-15(16)21(23)24)9-19-20-17(22)11-26-10-13-4-2-3-5-14(13)18/h2-9H,10-11H2,1H3,(H,20,22)/b19-9-. The molecule has 9 heteroatoms. The van der Waals surface area contributed by atoms with Crippen molar-refractivity contribution >= 4 is 45.5 Å². The number of carbonyl (C=O) groups excluding carboxylic acids is 1. The summed E-state index contributed by atoms with van der Waals surface area (Å²) in [5, 5.41) is 14.8. The van der Waals surface area contributed by atoms with Crippen molar-refractivity contribution in [2.45, 2.75) is 5.75 Å². The van der Waals surface area contributed by atoms with Crippen LogP contribution in [0.1, 0.15) is 11.1 Å². The Morgan fingerprint density at radius 1 is 1.38 bits per heavy atom. The van der Waals surface area contributed by atoms with Crippen molar-refractivity contribution in [3.8, 4) is 5.75 Å². The summed E-state index contributed by atoms with van der Waals surface area (Å²) in [4.78, 5) is 22.2. The number of rotatable bonds is 8. The number of benzene rings is 2. The lowest BCUT2D eigenvalue weighted by atomic mass is 10.2. The van der Waals surface area contributed by atoms with Crippen LogP contribution in [-0.4, -0.2) is 29.9 Å². The van der Waals surface area contributed by atoms with Gasteiger partial charge in [-0.15, -0.1) is 11.8 Å². The summed E-state index contributed by atoms with van der Waals surface area (Å²) in [6.45, 7) is 0. The molecule has 0 bridgehead atoms. The molecular weight excluding hydrogens is 422 g/mol. The number of amides is 1. The molecule has 0 fully saturated rings. The molecule has 0 aliphatic heterocycles. The number of halogens is 1. The summed E-state index contributed by atoms with van der Waals surface area (Å²) in [6, 6.07) is 12.2. The van der Waals surface area contributed by atoms with Crippen LogP contribution in [0.5, 0.6) is 5.75 Å². The minimum atomic E-state index is -0.535. The van der Waals surface area contributed by atoms with Crippen LogP contribution in [0.15, 0.2) is 52.0 Å². The Labute approximate surface area is 163 Å². The summed E-state index contributed by atoms with van der Waals surface area (Å²) >= 11 is 4.93. The maximum absolute atomic E-state index is 11.8. The fraction of sp³-hybridized carbons (Fsp3) is 0.176. The largest absolute Gasteiger partial charge is 0.490 e. The highest BCUT2D eigenvalue weighted by molar-refractivity contribution is 9.10. The van der Waals surface area contributed by atoms with E-state index in [0.717, 1.165) is 10.0 Å². The molecule has 7 nitrogen and oxygen atoms in total. The first-order chi connectivity index (χ1) is 12.5. The first-order valence-electron chi connectivity index (χ1n) is 7.46. The number of hydrazone groups is 1. The van der Waals surface area contributed by atoms with Crippen LogP contribution < -0.4 is 10.2 Å². The highest BCUT2D eigenvalue weighted by atomic mass is 79.9. The van der Waals surface area contributed by atoms with Crippen LogP contribution in [0.25, 0.3) is 0 Å². The Kier molecular flexibility index (Phi) is 7.61. The maximum atomic E-state index is 11.8. The second-order valence-electron chi connectivity index (χ2n) is 5.07. The fourth-order valence-electron chi connectivity index (χ4n) is 2.01. The van der Waals surface area contributed by atoms with E-state index < -0.39 is 4.92 Å². The molecule has 0 spiro atoms. The van der Waals surface area contributed by atoms with E-state index >= 15 is 0 Å². The Bertz CT molecular complexity index is 829. The lowest BCUT2D eigenvalue weighted by Gasteiger charge is -2.04. The van der Waals surface area contributed by atoms with Gasteiger partial charge in [0.05, 0.1) is 24.0 Å². The van der Waals surface area contributed by atoms with Crippen molar-refractivity contribution in [3.63, 3.8) is 0 Å². The molecule has 0 saturated carbocycles. The van der Waals surface area contributed by atoms with Crippen LogP contribution in [0.2, 0.25) is 0 Å². The Balaban J connectivity index is 1.84. The van der Waals surface area contributed by atoms with Gasteiger partial charge in [0.15, 0.2) is 5.75 Å². The first-order valence-corrected chi connectivity index (χ1v) is 9.41. The number of hydrogen-bond donors (Lipinski definition) is 1. The number of nitrogens with one attached hydrogen (secondary N) is 1. The number of thioether (sulfide) groups is 1. The SMILES string of the molecule is COc1ccc(/C=N\NC(=O)CSCc2ccccc2Br)cc1[N+](=O)[O-]. The van der Waals surface area contributed by atoms with Crippen LogP contribution >= 0.6 is 27.7 Å². The molecule has 2 rings (SSSR count). The summed E-state index contributed by atoms with van der Waals surface area (Å²) < 4.78 is 5.94. The molecule has 2 aromatic rings. The number of nitro groups is 1. The number of ether oxygens (including phenoxy) is 1. The van der Waals surface area contributed by atoms with Gasteiger partial charge in [0, 0.05) is 21.9 Å². The van der Waals surface area contributed by atoms with E-state index in [0.29, 0.717) is 11.3 Å². The van der Waals surface area contributed by atoms with E-state index in [9.17, 15) is 14.9 Å². The molecule has 0 unspecified atom stereocenters. The van der Waals surface area contributed by atoms with Gasteiger partial charge in [-0.3, -0.25) is 14.9 Å². The van der Waals surface area contributed by atoms with Crippen molar-refractivity contribution in [2.24, 2.45) is 5.10 Å². The predicted molar refractivity (Wildman–Crippen MR) is 106 cm³/mol. The zero-order chi connectivity index (χ0) is 18.9. The monoisotopic (exact) mass is 437 g/mol. The van der Waals surface area contributed by atoms with Crippen LogP contribution in [-0.2, 0) is 10.5 Å². The smallest absolute Gasteiger partial charge is 0.311 e. The second kappa shape index (κ2) is 9.93. The van der Waals surface area contributed by atoms with E-state index in [2.05, 4.69) is 26.5 Å². The molecule has 0 heterocycles. The second-order valence-corrected chi connectivity index (χ2v) is 6.91. The number of carbonyl (C=O) groups is 1. The summed E-state index contributed by atoms with van der Waals surface area (Å²) in [6.07, 6.45) is 1.35. The molecule has 136 valence electrons. The zero-order valence-corrected chi connectivity index (χ0v) is 16.2. The van der Waals surface area contributed by atoms with E-state index in [-0.39, 0.29) is 23.1 Å². The summed E-state index contributed by atoms with van der Waals surface area (Å²) in [5.74, 6) is 0.867. The molecule has 0 aliphatic carbocycles. The highest BCUT2D eigenvalue weighted by Gasteiger charge is 2.14. The number of methoxy groups -OCH3 is 1. The third-order valence-electron chi connectivity index (χ3n) is 3.25. The third-order valence-corrected chi connectivity index (χ3v) is 5.01. The molecule has 0 saturated heterocycles. The Morgan fingerprint density at radius 2 is 2.15 bits per heavy atom. The average Bonchev–Trinajstić information content (AvgIpc) is 2.63. The van der Waals surface area contributed by atoms with Gasteiger partial charge in [0.25, 0.3) is 0 Å². The van der Waals surface area contributed by atoms with Gasteiger partial charge in [0.1, 0.15) is 0 Å². The van der Waals surface area contributed by atoms with Crippen molar-refractivity contribution < 1.29 is 14.5 Å². The molecule has 0 atom stereocenters. The third kappa shape index (κ3) is 5.85. The molecule has 2 aromatic carbocycles. The van der Waals surface area contributed by atoms with E-state index in [4.69, 9.17) is 4.74 Å². The van der Waals surface area contributed by atoms with E-state index in [1.807, 2.05) is 24.3 Å². The summed E-state index contributed by atoms with van der Waals surface area (Å²) in [5.41, 5.74) is 3.84. The number of hydrogen-bond acceptors (Lipinski definition) is 6. The highest BCUT2D eigenvalue weighted by Crippen LogP contribution is 2.26. The Morgan fingerprint density at radius 3 is 2.85 bits per heavy atom. The van der Waals surface area contributed by atoms with Gasteiger partial charge in [-0.1, -0.05) is 34.1 Å². The normalized spacial score (nSPS) is 10.7. The first kappa shape index (κ1) is 19.9. The predicted octanol–water partition coefficient (Wildman–Crippen LogP) is 3.75. The number of nitro benzene ring substituents is 1. The quantitative estimate of drug-likeness (QED) is 0.385. The molecule has 0 aromatic heterocycles. The average molecular weight is 438 g/mol. The van der Waals surface area contributed by atoms with Gasteiger partial charge < -0.3 is 4.74 Å². The van der Waals surface area contributed by atoms with Gasteiger partial charge in [-0.25, -0.2) is 5.43 Å². The molecule has 1 amide bonds. The van der Waals surface area contributed by atoms with Crippen molar-refractivity contribution in [3.05, 3.63) is 68.2 Å². The Hall–Kier alpha value is -2.39. The van der Waals surface area contributed by atoms with Crippen molar-refractivity contribution in [1.82, 2.24) is 5.43 Å². The van der Waals surface area contributed by atoms with Crippen LogP contribution in [0.4, 0.5) is 5.69 Å². The lowest BCUT2D eigenvalue weighted by Crippen LogP contribution is -2.19. The minimum Gasteiger partial charge on any atom is -0.490 e. The topological polar surface area (TPSA) is 93.8 Å².